The Bertz CT molecular complexity index is 409. The van der Waals surface area contributed by atoms with Gasteiger partial charge in [0.1, 0.15) is 0 Å². The van der Waals surface area contributed by atoms with Crippen LogP contribution in [0.3, 0.4) is 0 Å². The highest BCUT2D eigenvalue weighted by atomic mass is 79.9. The summed E-state index contributed by atoms with van der Waals surface area (Å²) in [6.45, 7) is 5.30. The standard InChI is InChI=1S/C15H24Br2N2/c1-3-13-15(17)14(19(4-2)18-13)10-9-12(16)11-7-5-6-8-11/h11-12H,3-10H2,1-2H3. The Morgan fingerprint density at radius 3 is 2.58 bits per heavy atom. The molecule has 1 heterocycles. The molecule has 0 amide bonds. The Morgan fingerprint density at radius 2 is 2.00 bits per heavy atom. The number of halogens is 2. The van der Waals surface area contributed by atoms with Crippen molar-refractivity contribution in [1.29, 1.82) is 0 Å². The molecular formula is C15H24Br2N2. The predicted molar refractivity (Wildman–Crippen MR) is 88.0 cm³/mol. The van der Waals surface area contributed by atoms with E-state index in [1.54, 1.807) is 0 Å². The van der Waals surface area contributed by atoms with E-state index in [2.05, 4.69) is 55.5 Å². The maximum absolute atomic E-state index is 4.68. The van der Waals surface area contributed by atoms with E-state index in [4.69, 9.17) is 0 Å². The molecule has 0 N–H and O–H groups in total. The minimum absolute atomic E-state index is 0.673. The van der Waals surface area contributed by atoms with Crippen molar-refractivity contribution in [1.82, 2.24) is 9.78 Å². The SMILES string of the molecule is CCc1nn(CC)c(CCC(Br)C2CCCC2)c1Br. The van der Waals surface area contributed by atoms with Gasteiger partial charge in [0.05, 0.1) is 15.9 Å². The van der Waals surface area contributed by atoms with Crippen LogP contribution >= 0.6 is 31.9 Å². The van der Waals surface area contributed by atoms with Crippen molar-refractivity contribution in [3.8, 4) is 0 Å². The van der Waals surface area contributed by atoms with Crippen LogP contribution in [-0.4, -0.2) is 14.6 Å². The summed E-state index contributed by atoms with van der Waals surface area (Å²) in [6.07, 6.45) is 8.99. The fourth-order valence-electron chi connectivity index (χ4n) is 3.09. The number of alkyl halides is 1. The van der Waals surface area contributed by atoms with Crippen LogP contribution in [0.2, 0.25) is 0 Å². The second-order valence-electron chi connectivity index (χ2n) is 5.48. The summed E-state index contributed by atoms with van der Waals surface area (Å²) in [4.78, 5) is 0.673. The molecule has 1 atom stereocenters. The first kappa shape index (κ1) is 15.6. The highest BCUT2D eigenvalue weighted by molar-refractivity contribution is 9.10. The van der Waals surface area contributed by atoms with Gasteiger partial charge < -0.3 is 0 Å². The van der Waals surface area contributed by atoms with Crippen LogP contribution in [0, 0.1) is 5.92 Å². The molecular weight excluding hydrogens is 368 g/mol. The van der Waals surface area contributed by atoms with Gasteiger partial charge in [-0.3, -0.25) is 4.68 Å². The van der Waals surface area contributed by atoms with Crippen LogP contribution in [0.4, 0.5) is 0 Å². The second-order valence-corrected chi connectivity index (χ2v) is 7.45. The molecule has 1 fully saturated rings. The lowest BCUT2D eigenvalue weighted by atomic mass is 9.99. The van der Waals surface area contributed by atoms with Gasteiger partial charge in [-0.15, -0.1) is 0 Å². The molecule has 108 valence electrons. The van der Waals surface area contributed by atoms with Gasteiger partial charge in [-0.1, -0.05) is 35.7 Å². The van der Waals surface area contributed by atoms with E-state index in [9.17, 15) is 0 Å². The molecule has 2 rings (SSSR count). The van der Waals surface area contributed by atoms with Gasteiger partial charge in [0.15, 0.2) is 0 Å². The zero-order valence-electron chi connectivity index (χ0n) is 12.0. The number of rotatable bonds is 6. The lowest BCUT2D eigenvalue weighted by Gasteiger charge is -2.17. The Hall–Kier alpha value is 0.170. The fraction of sp³-hybridized carbons (Fsp3) is 0.800. The van der Waals surface area contributed by atoms with Gasteiger partial charge in [-0.25, -0.2) is 0 Å². The number of hydrogen-bond donors (Lipinski definition) is 0. The van der Waals surface area contributed by atoms with E-state index in [1.807, 2.05) is 0 Å². The van der Waals surface area contributed by atoms with E-state index in [0.29, 0.717) is 4.83 Å². The predicted octanol–water partition coefficient (Wildman–Crippen LogP) is 5.11. The van der Waals surface area contributed by atoms with Crippen LogP contribution in [-0.2, 0) is 19.4 Å². The molecule has 0 bridgehead atoms. The van der Waals surface area contributed by atoms with E-state index in [-0.39, 0.29) is 0 Å². The molecule has 0 spiro atoms. The maximum atomic E-state index is 4.68. The first-order valence-electron chi connectivity index (χ1n) is 7.55. The zero-order chi connectivity index (χ0) is 13.8. The van der Waals surface area contributed by atoms with Crippen molar-refractivity contribution in [3.05, 3.63) is 15.9 Å². The summed E-state index contributed by atoms with van der Waals surface area (Å²) in [5, 5.41) is 4.68. The third-order valence-electron chi connectivity index (χ3n) is 4.26. The van der Waals surface area contributed by atoms with Gasteiger partial charge in [0, 0.05) is 11.4 Å². The van der Waals surface area contributed by atoms with Crippen LogP contribution in [0.1, 0.15) is 57.3 Å². The lowest BCUT2D eigenvalue weighted by Crippen LogP contribution is -2.13. The quantitative estimate of drug-likeness (QED) is 0.615. The molecule has 1 unspecified atom stereocenters. The molecule has 0 radical (unpaired) electrons. The van der Waals surface area contributed by atoms with Crippen LogP contribution in [0.5, 0.6) is 0 Å². The molecule has 4 heteroatoms. The maximum Gasteiger partial charge on any atom is 0.0766 e. The zero-order valence-corrected chi connectivity index (χ0v) is 15.1. The average Bonchev–Trinajstić information content (AvgIpc) is 3.04. The van der Waals surface area contributed by atoms with Crippen molar-refractivity contribution >= 4 is 31.9 Å². The molecule has 1 aromatic rings. The Balaban J connectivity index is 1.99. The first-order valence-corrected chi connectivity index (χ1v) is 9.26. The third kappa shape index (κ3) is 3.63. The smallest absolute Gasteiger partial charge is 0.0766 e. The minimum Gasteiger partial charge on any atom is -0.268 e. The summed E-state index contributed by atoms with van der Waals surface area (Å²) in [6, 6.07) is 0. The molecule has 1 aliphatic rings. The van der Waals surface area contributed by atoms with E-state index in [1.165, 1.54) is 48.0 Å². The Morgan fingerprint density at radius 1 is 1.32 bits per heavy atom. The fourth-order valence-corrected chi connectivity index (χ4v) is 4.61. The first-order chi connectivity index (χ1) is 9.17. The largest absolute Gasteiger partial charge is 0.268 e. The Kier molecular flexibility index (Phi) is 5.94. The summed E-state index contributed by atoms with van der Waals surface area (Å²) in [5.41, 5.74) is 2.57. The van der Waals surface area contributed by atoms with Crippen LogP contribution in [0.15, 0.2) is 4.47 Å². The lowest BCUT2D eigenvalue weighted by molar-refractivity contribution is 0.496. The van der Waals surface area contributed by atoms with Gasteiger partial charge in [0.25, 0.3) is 0 Å². The monoisotopic (exact) mass is 390 g/mol. The van der Waals surface area contributed by atoms with E-state index >= 15 is 0 Å². The van der Waals surface area contributed by atoms with Gasteiger partial charge >= 0.3 is 0 Å². The van der Waals surface area contributed by atoms with E-state index in [0.717, 1.165) is 25.3 Å². The van der Waals surface area contributed by atoms with Crippen molar-refractivity contribution in [2.24, 2.45) is 5.92 Å². The Labute approximate surface area is 133 Å². The molecule has 0 aliphatic heterocycles. The van der Waals surface area contributed by atoms with E-state index < -0.39 is 0 Å². The summed E-state index contributed by atoms with van der Waals surface area (Å²) < 4.78 is 3.40. The van der Waals surface area contributed by atoms with Crippen molar-refractivity contribution in [2.75, 3.05) is 0 Å². The molecule has 1 saturated carbocycles. The molecule has 0 saturated heterocycles. The number of hydrogen-bond acceptors (Lipinski definition) is 1. The minimum atomic E-state index is 0.673. The van der Waals surface area contributed by atoms with Crippen molar-refractivity contribution in [2.45, 2.75) is 70.2 Å². The normalized spacial score (nSPS) is 18.1. The second kappa shape index (κ2) is 7.26. The highest BCUT2D eigenvalue weighted by Gasteiger charge is 2.23. The highest BCUT2D eigenvalue weighted by Crippen LogP contribution is 2.34. The summed E-state index contributed by atoms with van der Waals surface area (Å²) in [7, 11) is 0. The van der Waals surface area contributed by atoms with Gasteiger partial charge in [-0.05, 0) is 60.9 Å². The van der Waals surface area contributed by atoms with Crippen molar-refractivity contribution < 1.29 is 0 Å². The van der Waals surface area contributed by atoms with Crippen LogP contribution < -0.4 is 0 Å². The van der Waals surface area contributed by atoms with Gasteiger partial charge in [0.2, 0.25) is 0 Å². The number of aryl methyl sites for hydroxylation is 2. The van der Waals surface area contributed by atoms with Crippen LogP contribution in [0.25, 0.3) is 0 Å². The van der Waals surface area contributed by atoms with Crippen molar-refractivity contribution in [3.63, 3.8) is 0 Å². The summed E-state index contributed by atoms with van der Waals surface area (Å²) >= 11 is 7.65. The molecule has 1 aliphatic carbocycles. The van der Waals surface area contributed by atoms with Gasteiger partial charge in [-0.2, -0.15) is 5.10 Å². The topological polar surface area (TPSA) is 17.8 Å². The molecule has 0 aromatic carbocycles. The molecule has 19 heavy (non-hydrogen) atoms. The summed E-state index contributed by atoms with van der Waals surface area (Å²) in [5.74, 6) is 0.891. The molecule has 1 aromatic heterocycles. The number of aromatic nitrogens is 2. The average molecular weight is 392 g/mol. The molecule has 2 nitrogen and oxygen atoms in total. The number of nitrogens with zero attached hydrogens (tertiary/aromatic N) is 2. The third-order valence-corrected chi connectivity index (χ3v) is 6.38.